The van der Waals surface area contributed by atoms with Crippen LogP contribution in [0.5, 0.6) is 0 Å². The van der Waals surface area contributed by atoms with Crippen molar-refractivity contribution in [1.82, 2.24) is 0 Å². The van der Waals surface area contributed by atoms with Crippen LogP contribution in [0.1, 0.15) is 11.1 Å². The van der Waals surface area contributed by atoms with Gasteiger partial charge in [-0.3, -0.25) is 4.79 Å². The Hall–Kier alpha value is -1.38. The van der Waals surface area contributed by atoms with Crippen molar-refractivity contribution in [2.45, 2.75) is 12.8 Å². The first-order chi connectivity index (χ1) is 6.16. The van der Waals surface area contributed by atoms with Crippen molar-refractivity contribution >= 4 is 5.97 Å². The molecule has 1 atom stereocenters. The molecule has 0 saturated heterocycles. The topological polar surface area (TPSA) is 37.3 Å². The fourth-order valence-corrected chi connectivity index (χ4v) is 1.76. The average Bonchev–Trinajstić information content (AvgIpc) is 2.46. The molecule has 0 saturated carbocycles. The van der Waals surface area contributed by atoms with Crippen molar-refractivity contribution in [2.75, 3.05) is 0 Å². The molecule has 1 aromatic carbocycles. The third-order valence-electron chi connectivity index (χ3n) is 2.45. The van der Waals surface area contributed by atoms with E-state index >= 15 is 0 Å². The molecule has 0 radical (unpaired) electrons. The molecule has 0 unspecified atom stereocenters. The Bertz CT molecular complexity index is 360. The third kappa shape index (κ3) is 1.41. The monoisotopic (exact) mass is 180 g/mol. The van der Waals surface area contributed by atoms with E-state index in [1.54, 1.807) is 6.07 Å². The summed E-state index contributed by atoms with van der Waals surface area (Å²) in [7, 11) is 0. The van der Waals surface area contributed by atoms with Crippen LogP contribution < -0.4 is 0 Å². The van der Waals surface area contributed by atoms with Gasteiger partial charge in [0, 0.05) is 0 Å². The van der Waals surface area contributed by atoms with Crippen molar-refractivity contribution in [3.8, 4) is 0 Å². The number of carboxylic acids is 1. The highest BCUT2D eigenvalue weighted by Crippen LogP contribution is 2.27. The Labute approximate surface area is 75.0 Å². The maximum Gasteiger partial charge on any atom is 0.307 e. The second kappa shape index (κ2) is 2.83. The van der Waals surface area contributed by atoms with Crippen LogP contribution in [0.2, 0.25) is 0 Å². The molecule has 2 rings (SSSR count). The van der Waals surface area contributed by atoms with Crippen molar-refractivity contribution in [2.24, 2.45) is 5.92 Å². The van der Waals surface area contributed by atoms with Crippen LogP contribution in [0.25, 0.3) is 0 Å². The standard InChI is InChI=1S/C10H9FO2/c11-9-2-1-6-3-8(10(12)13)4-7(6)5-9/h1-2,5,8H,3-4H2,(H,12,13)/t8-/m1/s1. The largest absolute Gasteiger partial charge is 0.481 e. The van der Waals surface area contributed by atoms with E-state index in [2.05, 4.69) is 0 Å². The van der Waals surface area contributed by atoms with E-state index in [1.165, 1.54) is 12.1 Å². The summed E-state index contributed by atoms with van der Waals surface area (Å²) >= 11 is 0. The maximum atomic E-state index is 12.7. The molecule has 2 nitrogen and oxygen atoms in total. The smallest absolute Gasteiger partial charge is 0.307 e. The first kappa shape index (κ1) is 8.23. The third-order valence-corrected chi connectivity index (χ3v) is 2.45. The van der Waals surface area contributed by atoms with E-state index in [9.17, 15) is 9.18 Å². The van der Waals surface area contributed by atoms with Gasteiger partial charge in [0.05, 0.1) is 5.92 Å². The van der Waals surface area contributed by atoms with Gasteiger partial charge >= 0.3 is 5.97 Å². The van der Waals surface area contributed by atoms with Gasteiger partial charge in [-0.25, -0.2) is 4.39 Å². The van der Waals surface area contributed by atoms with Crippen LogP contribution in [0.15, 0.2) is 18.2 Å². The number of halogens is 1. The fourth-order valence-electron chi connectivity index (χ4n) is 1.76. The van der Waals surface area contributed by atoms with Crippen molar-refractivity contribution in [3.63, 3.8) is 0 Å². The van der Waals surface area contributed by atoms with Gasteiger partial charge in [-0.05, 0) is 36.1 Å². The molecule has 0 bridgehead atoms. The molecule has 1 aromatic rings. The Morgan fingerprint density at radius 3 is 2.77 bits per heavy atom. The van der Waals surface area contributed by atoms with Crippen LogP contribution in [-0.4, -0.2) is 11.1 Å². The summed E-state index contributed by atoms with van der Waals surface area (Å²) < 4.78 is 12.7. The van der Waals surface area contributed by atoms with Crippen molar-refractivity contribution in [1.29, 1.82) is 0 Å². The van der Waals surface area contributed by atoms with Crippen LogP contribution >= 0.6 is 0 Å². The molecule has 3 heteroatoms. The normalized spacial score (nSPS) is 19.9. The van der Waals surface area contributed by atoms with Gasteiger partial charge in [0.15, 0.2) is 0 Å². The van der Waals surface area contributed by atoms with E-state index < -0.39 is 5.97 Å². The number of hydrogen-bond donors (Lipinski definition) is 1. The summed E-state index contributed by atoms with van der Waals surface area (Å²) in [5.41, 5.74) is 1.81. The van der Waals surface area contributed by atoms with Gasteiger partial charge in [0.2, 0.25) is 0 Å². The number of aliphatic carboxylic acids is 1. The minimum Gasteiger partial charge on any atom is -0.481 e. The summed E-state index contributed by atoms with van der Waals surface area (Å²) in [5.74, 6) is -1.45. The number of carbonyl (C=O) groups is 1. The SMILES string of the molecule is O=C(O)[C@@H]1Cc2ccc(F)cc2C1. The van der Waals surface area contributed by atoms with Gasteiger partial charge in [0.1, 0.15) is 5.82 Å². The predicted octanol–water partition coefficient (Wildman–Crippen LogP) is 1.63. The predicted molar refractivity (Wildman–Crippen MR) is 44.9 cm³/mol. The molecule has 1 aliphatic rings. The molecule has 1 N–H and O–H groups in total. The van der Waals surface area contributed by atoms with E-state index in [0.29, 0.717) is 12.8 Å². The summed E-state index contributed by atoms with van der Waals surface area (Å²) in [6, 6.07) is 4.48. The van der Waals surface area contributed by atoms with Crippen LogP contribution in [0, 0.1) is 11.7 Å². The molecule has 0 amide bonds. The quantitative estimate of drug-likeness (QED) is 0.713. The zero-order valence-electron chi connectivity index (χ0n) is 6.96. The summed E-state index contributed by atoms with van der Waals surface area (Å²) in [6.07, 6.45) is 0.993. The first-order valence-corrected chi connectivity index (χ1v) is 4.17. The number of rotatable bonds is 1. The zero-order chi connectivity index (χ0) is 9.42. The minimum atomic E-state index is -0.795. The summed E-state index contributed by atoms with van der Waals surface area (Å²) in [6.45, 7) is 0. The molecule has 0 aromatic heterocycles. The first-order valence-electron chi connectivity index (χ1n) is 4.17. The number of benzene rings is 1. The zero-order valence-corrected chi connectivity index (χ0v) is 6.96. The number of fused-ring (bicyclic) bond motifs is 1. The molecule has 13 heavy (non-hydrogen) atoms. The van der Waals surface area contributed by atoms with Crippen LogP contribution in [0.3, 0.4) is 0 Å². The molecule has 0 heterocycles. The van der Waals surface area contributed by atoms with E-state index in [1.807, 2.05) is 0 Å². The average molecular weight is 180 g/mol. The molecular formula is C10H9FO2. The van der Waals surface area contributed by atoms with Gasteiger partial charge in [0.25, 0.3) is 0 Å². The molecule has 68 valence electrons. The van der Waals surface area contributed by atoms with Gasteiger partial charge in [-0.15, -0.1) is 0 Å². The molecule has 0 fully saturated rings. The molecular weight excluding hydrogens is 171 g/mol. The minimum absolute atomic E-state index is 0.287. The highest BCUT2D eigenvalue weighted by molar-refractivity contribution is 5.72. The highest BCUT2D eigenvalue weighted by atomic mass is 19.1. The van der Waals surface area contributed by atoms with Crippen LogP contribution in [-0.2, 0) is 17.6 Å². The van der Waals surface area contributed by atoms with Crippen LogP contribution in [0.4, 0.5) is 4.39 Å². The second-order valence-electron chi connectivity index (χ2n) is 3.36. The summed E-state index contributed by atoms with van der Waals surface area (Å²) in [4.78, 5) is 10.7. The highest BCUT2D eigenvalue weighted by Gasteiger charge is 2.26. The second-order valence-corrected chi connectivity index (χ2v) is 3.36. The van der Waals surface area contributed by atoms with E-state index in [0.717, 1.165) is 11.1 Å². The Morgan fingerprint density at radius 2 is 2.08 bits per heavy atom. The Morgan fingerprint density at radius 1 is 1.38 bits per heavy atom. The lowest BCUT2D eigenvalue weighted by molar-refractivity contribution is -0.141. The lowest BCUT2D eigenvalue weighted by atomic mass is 10.1. The maximum absolute atomic E-state index is 12.7. The van der Waals surface area contributed by atoms with Crippen molar-refractivity contribution in [3.05, 3.63) is 35.1 Å². The lowest BCUT2D eigenvalue weighted by Crippen LogP contribution is -2.12. The van der Waals surface area contributed by atoms with E-state index in [-0.39, 0.29) is 11.7 Å². The fraction of sp³-hybridized carbons (Fsp3) is 0.300. The van der Waals surface area contributed by atoms with E-state index in [4.69, 9.17) is 5.11 Å². The van der Waals surface area contributed by atoms with Gasteiger partial charge in [-0.2, -0.15) is 0 Å². The van der Waals surface area contributed by atoms with Gasteiger partial charge in [-0.1, -0.05) is 6.07 Å². The lowest BCUT2D eigenvalue weighted by Gasteiger charge is -1.98. The number of hydrogen-bond acceptors (Lipinski definition) is 1. The summed E-state index contributed by atoms with van der Waals surface area (Å²) in [5, 5.41) is 8.76. The van der Waals surface area contributed by atoms with Gasteiger partial charge < -0.3 is 5.11 Å². The Balaban J connectivity index is 2.30. The molecule has 0 aliphatic heterocycles. The van der Waals surface area contributed by atoms with Crippen molar-refractivity contribution < 1.29 is 14.3 Å². The molecule has 0 spiro atoms. The molecule has 1 aliphatic carbocycles. The number of carboxylic acid groups (broad SMARTS) is 1. The Kier molecular flexibility index (Phi) is 1.79.